The molecule has 0 spiro atoms. The number of rotatable bonds is 4. The van der Waals surface area contributed by atoms with Gasteiger partial charge in [0, 0.05) is 33.2 Å². The van der Waals surface area contributed by atoms with E-state index in [9.17, 15) is 10.1 Å². The van der Waals surface area contributed by atoms with Gasteiger partial charge in [-0.25, -0.2) is 4.79 Å². The third-order valence-electron chi connectivity index (χ3n) is 5.92. The molecule has 2 fully saturated rings. The SMILES string of the molecule is CN(C(=O)NCc1ccc(-c2ccccc2C#N)cc1)C1CCN2CCOC1C2. The maximum Gasteiger partial charge on any atom is 0.317 e. The highest BCUT2D eigenvalue weighted by atomic mass is 16.5. The van der Waals surface area contributed by atoms with Gasteiger partial charge in [0.1, 0.15) is 0 Å². The molecule has 2 aromatic rings. The fourth-order valence-corrected chi connectivity index (χ4v) is 4.20. The number of urea groups is 1. The van der Waals surface area contributed by atoms with Gasteiger partial charge >= 0.3 is 6.03 Å². The van der Waals surface area contributed by atoms with Crippen molar-refractivity contribution >= 4 is 6.03 Å². The Balaban J connectivity index is 1.35. The summed E-state index contributed by atoms with van der Waals surface area (Å²) in [5.41, 5.74) is 3.60. The van der Waals surface area contributed by atoms with Crippen molar-refractivity contribution in [1.29, 1.82) is 5.26 Å². The van der Waals surface area contributed by atoms with Crippen LogP contribution >= 0.6 is 0 Å². The summed E-state index contributed by atoms with van der Waals surface area (Å²) in [5.74, 6) is 0. The molecule has 3 atom stereocenters. The third kappa shape index (κ3) is 4.26. The van der Waals surface area contributed by atoms with Crippen LogP contribution in [0.15, 0.2) is 48.5 Å². The Labute approximate surface area is 171 Å². The van der Waals surface area contributed by atoms with Crippen molar-refractivity contribution < 1.29 is 9.53 Å². The highest BCUT2D eigenvalue weighted by Gasteiger charge is 2.36. The zero-order valence-electron chi connectivity index (χ0n) is 16.7. The monoisotopic (exact) mass is 390 g/mol. The fourth-order valence-electron chi connectivity index (χ4n) is 4.20. The summed E-state index contributed by atoms with van der Waals surface area (Å²) < 4.78 is 5.88. The van der Waals surface area contributed by atoms with Gasteiger partial charge in [-0.3, -0.25) is 4.90 Å². The molecule has 0 radical (unpaired) electrons. The number of ether oxygens (including phenoxy) is 1. The quantitative estimate of drug-likeness (QED) is 0.872. The lowest BCUT2D eigenvalue weighted by molar-refractivity contribution is -0.0885. The molecule has 0 aromatic heterocycles. The molecule has 150 valence electrons. The van der Waals surface area contributed by atoms with Crippen LogP contribution in [0.25, 0.3) is 11.1 Å². The lowest BCUT2D eigenvalue weighted by atomic mass is 9.99. The molecule has 2 amide bonds. The highest BCUT2D eigenvalue weighted by Crippen LogP contribution is 2.24. The molecule has 2 bridgehead atoms. The normalized spacial score (nSPS) is 23.1. The van der Waals surface area contributed by atoms with Crippen LogP contribution in [-0.4, -0.2) is 61.3 Å². The topological polar surface area (TPSA) is 68.6 Å². The van der Waals surface area contributed by atoms with E-state index in [-0.39, 0.29) is 18.2 Å². The first kappa shape index (κ1) is 19.4. The van der Waals surface area contributed by atoms with Crippen LogP contribution in [0.2, 0.25) is 0 Å². The van der Waals surface area contributed by atoms with Crippen molar-refractivity contribution in [3.63, 3.8) is 0 Å². The number of amides is 2. The van der Waals surface area contributed by atoms with Crippen molar-refractivity contribution in [2.24, 2.45) is 0 Å². The van der Waals surface area contributed by atoms with E-state index in [0.29, 0.717) is 12.1 Å². The van der Waals surface area contributed by atoms with Gasteiger partial charge in [-0.1, -0.05) is 42.5 Å². The smallest absolute Gasteiger partial charge is 0.317 e. The van der Waals surface area contributed by atoms with Crippen LogP contribution in [-0.2, 0) is 11.3 Å². The number of morpholine rings is 1. The molecule has 2 heterocycles. The van der Waals surface area contributed by atoms with Crippen LogP contribution in [0.4, 0.5) is 4.79 Å². The van der Waals surface area contributed by atoms with Crippen molar-refractivity contribution in [2.75, 3.05) is 33.3 Å². The Bertz CT molecular complexity index is 906. The van der Waals surface area contributed by atoms with E-state index in [0.717, 1.165) is 49.4 Å². The molecule has 2 aliphatic rings. The van der Waals surface area contributed by atoms with Gasteiger partial charge in [-0.2, -0.15) is 5.26 Å². The van der Waals surface area contributed by atoms with Gasteiger partial charge < -0.3 is 15.0 Å². The van der Waals surface area contributed by atoms with Crippen molar-refractivity contribution in [3.8, 4) is 17.2 Å². The molecule has 6 heteroatoms. The molecule has 0 aliphatic carbocycles. The van der Waals surface area contributed by atoms with E-state index in [1.807, 2.05) is 55.6 Å². The summed E-state index contributed by atoms with van der Waals surface area (Å²) in [5, 5.41) is 12.3. The molecule has 2 saturated heterocycles. The molecule has 4 rings (SSSR count). The number of nitrogens with zero attached hydrogens (tertiary/aromatic N) is 3. The number of nitrogens with one attached hydrogen (secondary N) is 1. The number of carbonyl (C=O) groups excluding carboxylic acids is 1. The maximum atomic E-state index is 12.7. The summed E-state index contributed by atoms with van der Waals surface area (Å²) in [6, 6.07) is 17.8. The average Bonchev–Trinajstić information content (AvgIpc) is 2.77. The van der Waals surface area contributed by atoms with Gasteiger partial charge in [0.15, 0.2) is 0 Å². The van der Waals surface area contributed by atoms with E-state index in [1.165, 1.54) is 0 Å². The largest absolute Gasteiger partial charge is 0.373 e. The first-order chi connectivity index (χ1) is 14.2. The molecule has 6 nitrogen and oxygen atoms in total. The zero-order chi connectivity index (χ0) is 20.2. The predicted molar refractivity (Wildman–Crippen MR) is 111 cm³/mol. The predicted octanol–water partition coefficient (Wildman–Crippen LogP) is 2.84. The van der Waals surface area contributed by atoms with Crippen LogP contribution in [0, 0.1) is 11.3 Å². The minimum atomic E-state index is -0.0727. The first-order valence-electron chi connectivity index (χ1n) is 10.1. The Hall–Kier alpha value is -2.88. The molecule has 29 heavy (non-hydrogen) atoms. The standard InChI is InChI=1S/C23H26N4O2/c1-26(21-10-11-27-12-13-29-22(21)16-27)23(28)25-15-17-6-8-18(9-7-17)20-5-3-2-4-19(20)14-24/h2-9,21-22H,10-13,15-16H2,1H3,(H,25,28). The van der Waals surface area contributed by atoms with Gasteiger partial charge in [-0.15, -0.1) is 0 Å². The maximum absolute atomic E-state index is 12.7. The van der Waals surface area contributed by atoms with Crippen LogP contribution in [0.1, 0.15) is 17.5 Å². The van der Waals surface area contributed by atoms with Gasteiger partial charge in [0.25, 0.3) is 0 Å². The highest BCUT2D eigenvalue weighted by molar-refractivity contribution is 5.74. The molecule has 2 aliphatic heterocycles. The minimum absolute atomic E-state index is 0.0727. The Morgan fingerprint density at radius 1 is 1.24 bits per heavy atom. The van der Waals surface area contributed by atoms with Crippen molar-refractivity contribution in [2.45, 2.75) is 25.1 Å². The Morgan fingerprint density at radius 3 is 2.83 bits per heavy atom. The van der Waals surface area contributed by atoms with Crippen molar-refractivity contribution in [3.05, 3.63) is 59.7 Å². The first-order valence-corrected chi connectivity index (χ1v) is 10.1. The van der Waals surface area contributed by atoms with E-state index < -0.39 is 0 Å². The number of fused-ring (bicyclic) bond motifs is 2. The lowest BCUT2D eigenvalue weighted by Gasteiger charge is -2.45. The van der Waals surface area contributed by atoms with Crippen LogP contribution in [0.5, 0.6) is 0 Å². The summed E-state index contributed by atoms with van der Waals surface area (Å²) >= 11 is 0. The minimum Gasteiger partial charge on any atom is -0.373 e. The van der Waals surface area contributed by atoms with Gasteiger partial charge in [0.05, 0.1) is 30.4 Å². The number of hydrogen-bond donors (Lipinski definition) is 1. The third-order valence-corrected chi connectivity index (χ3v) is 5.92. The second-order valence-corrected chi connectivity index (χ2v) is 7.69. The van der Waals surface area contributed by atoms with E-state index >= 15 is 0 Å². The number of piperidine rings is 1. The Kier molecular flexibility index (Phi) is 5.79. The molecule has 0 saturated carbocycles. The van der Waals surface area contributed by atoms with Gasteiger partial charge in [-0.05, 0) is 29.2 Å². The summed E-state index contributed by atoms with van der Waals surface area (Å²) in [4.78, 5) is 16.9. The summed E-state index contributed by atoms with van der Waals surface area (Å²) in [6.45, 7) is 4.14. The summed E-state index contributed by atoms with van der Waals surface area (Å²) in [7, 11) is 1.86. The van der Waals surface area contributed by atoms with Crippen LogP contribution in [0.3, 0.4) is 0 Å². The molecule has 3 unspecified atom stereocenters. The van der Waals surface area contributed by atoms with E-state index in [1.54, 1.807) is 4.90 Å². The number of benzene rings is 2. The van der Waals surface area contributed by atoms with Crippen molar-refractivity contribution in [1.82, 2.24) is 15.1 Å². The van der Waals surface area contributed by atoms with E-state index in [4.69, 9.17) is 4.74 Å². The zero-order valence-corrected chi connectivity index (χ0v) is 16.7. The molecular formula is C23H26N4O2. The number of likely N-dealkylation sites (N-methyl/N-ethyl adjacent to an activating group) is 1. The van der Waals surface area contributed by atoms with Crippen LogP contribution < -0.4 is 5.32 Å². The van der Waals surface area contributed by atoms with E-state index in [2.05, 4.69) is 16.3 Å². The lowest BCUT2D eigenvalue weighted by Crippen LogP contribution is -2.60. The molecular weight excluding hydrogens is 364 g/mol. The number of carbonyl (C=O) groups is 1. The van der Waals surface area contributed by atoms with Gasteiger partial charge in [0.2, 0.25) is 0 Å². The second-order valence-electron chi connectivity index (χ2n) is 7.69. The second kappa shape index (κ2) is 8.64. The average molecular weight is 390 g/mol. The number of hydrogen-bond acceptors (Lipinski definition) is 4. The number of nitriles is 1. The Morgan fingerprint density at radius 2 is 2.03 bits per heavy atom. The fraction of sp³-hybridized carbons (Fsp3) is 0.391. The summed E-state index contributed by atoms with van der Waals surface area (Å²) in [6.07, 6.45) is 1.05. The molecule has 1 N–H and O–H groups in total. The molecule has 2 aromatic carbocycles.